The van der Waals surface area contributed by atoms with Crippen LogP contribution in [-0.4, -0.2) is 12.6 Å². The van der Waals surface area contributed by atoms with Crippen LogP contribution in [0.3, 0.4) is 0 Å². The molecule has 0 saturated carbocycles. The fourth-order valence-corrected chi connectivity index (χ4v) is 2.01. The lowest BCUT2D eigenvalue weighted by molar-refractivity contribution is -0.137. The molecule has 0 fully saturated rings. The molecule has 2 nitrogen and oxygen atoms in total. The molecular weight excluding hydrogens is 260 g/mol. The van der Waals surface area contributed by atoms with E-state index < -0.39 is 0 Å². The van der Waals surface area contributed by atoms with Gasteiger partial charge in [-0.25, -0.2) is 4.79 Å². The maximum atomic E-state index is 11.4. The molecule has 0 N–H and O–H groups in total. The number of carbonyl (C=O) groups excluding carboxylic acids is 1. The molecule has 0 bridgehead atoms. The van der Waals surface area contributed by atoms with Gasteiger partial charge in [0.05, 0.1) is 6.61 Å². The lowest BCUT2D eigenvalue weighted by Crippen LogP contribution is -1.98. The molecule has 106 valence electrons. The molecule has 2 rings (SSSR count). The minimum absolute atomic E-state index is 0.325. The summed E-state index contributed by atoms with van der Waals surface area (Å²) in [7, 11) is 0. The van der Waals surface area contributed by atoms with Crippen molar-refractivity contribution in [1.29, 1.82) is 0 Å². The van der Waals surface area contributed by atoms with Gasteiger partial charge in [-0.1, -0.05) is 72.8 Å². The third kappa shape index (κ3) is 4.46. The van der Waals surface area contributed by atoms with Crippen molar-refractivity contribution in [3.05, 3.63) is 90.0 Å². The summed E-state index contributed by atoms with van der Waals surface area (Å²) in [6, 6.07) is 20.2. The lowest BCUT2D eigenvalue weighted by Gasteiger charge is -2.07. The van der Waals surface area contributed by atoms with E-state index in [4.69, 9.17) is 4.74 Å². The summed E-state index contributed by atoms with van der Waals surface area (Å²) in [5.74, 6) is -0.325. The highest BCUT2D eigenvalue weighted by atomic mass is 16.5. The summed E-state index contributed by atoms with van der Waals surface area (Å²) in [6.07, 6.45) is 5.10. The smallest absolute Gasteiger partial charge is 0.330 e. The van der Waals surface area contributed by atoms with Gasteiger partial charge in [0.1, 0.15) is 0 Å². The Bertz CT molecular complexity index is 584. The summed E-state index contributed by atoms with van der Waals surface area (Å²) in [5.41, 5.74) is 3.28. The van der Waals surface area contributed by atoms with E-state index in [1.807, 2.05) is 42.5 Å². The molecule has 0 amide bonds. The Morgan fingerprint density at radius 1 is 0.952 bits per heavy atom. The second-order valence-corrected chi connectivity index (χ2v) is 4.42. The van der Waals surface area contributed by atoms with Crippen molar-refractivity contribution in [2.45, 2.75) is 6.92 Å². The maximum Gasteiger partial charge on any atom is 0.330 e. The Morgan fingerprint density at radius 2 is 1.48 bits per heavy atom. The van der Waals surface area contributed by atoms with Crippen LogP contribution < -0.4 is 0 Å². The van der Waals surface area contributed by atoms with Gasteiger partial charge in [0.25, 0.3) is 0 Å². The van der Waals surface area contributed by atoms with E-state index in [0.29, 0.717) is 6.61 Å². The molecule has 0 spiro atoms. The van der Waals surface area contributed by atoms with E-state index in [0.717, 1.165) is 16.7 Å². The first-order valence-electron chi connectivity index (χ1n) is 6.97. The molecule has 0 heterocycles. The number of carbonyl (C=O) groups is 1. The first kappa shape index (κ1) is 14.8. The van der Waals surface area contributed by atoms with E-state index in [1.54, 1.807) is 13.0 Å². The second-order valence-electron chi connectivity index (χ2n) is 4.42. The van der Waals surface area contributed by atoms with E-state index in [9.17, 15) is 4.79 Å². The van der Waals surface area contributed by atoms with Crippen LogP contribution in [0, 0.1) is 0 Å². The van der Waals surface area contributed by atoms with Gasteiger partial charge in [0.15, 0.2) is 0 Å². The zero-order chi connectivity index (χ0) is 14.9. The molecular formula is C19H18O2. The largest absolute Gasteiger partial charge is 0.463 e. The van der Waals surface area contributed by atoms with Crippen molar-refractivity contribution >= 4 is 11.5 Å². The van der Waals surface area contributed by atoms with Crippen molar-refractivity contribution in [2.75, 3.05) is 6.61 Å². The standard InChI is InChI=1S/C19H18O2/c1-2-21-19(20)15-9-14-18(16-10-5-3-6-11-16)17-12-7-4-8-13-17/h3-15H,2H2,1H3/b15-9-. The first-order valence-corrected chi connectivity index (χ1v) is 6.97. The highest BCUT2D eigenvalue weighted by Gasteiger charge is 2.02. The van der Waals surface area contributed by atoms with Gasteiger partial charge in [0, 0.05) is 6.08 Å². The summed E-state index contributed by atoms with van der Waals surface area (Å²) in [6.45, 7) is 2.18. The second kappa shape index (κ2) is 7.85. The van der Waals surface area contributed by atoms with E-state index in [1.165, 1.54) is 6.08 Å². The molecule has 2 aromatic rings. The van der Waals surface area contributed by atoms with Crippen LogP contribution in [0.15, 0.2) is 78.9 Å². The molecule has 0 aliphatic carbocycles. The Kier molecular flexibility index (Phi) is 5.53. The van der Waals surface area contributed by atoms with Crippen LogP contribution in [0.2, 0.25) is 0 Å². The Balaban J connectivity index is 2.31. The predicted molar refractivity (Wildman–Crippen MR) is 85.7 cm³/mol. The van der Waals surface area contributed by atoms with Gasteiger partial charge < -0.3 is 4.74 Å². The molecule has 0 aromatic heterocycles. The number of allylic oxidation sites excluding steroid dienone is 2. The summed E-state index contributed by atoms with van der Waals surface area (Å²) < 4.78 is 4.88. The fraction of sp³-hybridized carbons (Fsp3) is 0.105. The molecule has 0 atom stereocenters. The normalized spacial score (nSPS) is 10.3. The zero-order valence-corrected chi connectivity index (χ0v) is 12.0. The molecule has 2 aromatic carbocycles. The van der Waals surface area contributed by atoms with Gasteiger partial charge in [0.2, 0.25) is 0 Å². The summed E-state index contributed by atoms with van der Waals surface area (Å²) in [4.78, 5) is 11.4. The summed E-state index contributed by atoms with van der Waals surface area (Å²) >= 11 is 0. The first-order chi connectivity index (χ1) is 10.3. The minimum atomic E-state index is -0.325. The van der Waals surface area contributed by atoms with Crippen LogP contribution in [0.1, 0.15) is 18.1 Å². The SMILES string of the molecule is CCOC(=O)/C=C\C=C(c1ccccc1)c1ccccc1. The number of hydrogen-bond acceptors (Lipinski definition) is 2. The molecule has 21 heavy (non-hydrogen) atoms. The average Bonchev–Trinajstić information content (AvgIpc) is 2.53. The molecule has 0 aliphatic rings. The van der Waals surface area contributed by atoms with Crippen molar-refractivity contribution in [1.82, 2.24) is 0 Å². The number of benzene rings is 2. The monoisotopic (exact) mass is 278 g/mol. The Labute approximate surface area is 125 Å². The number of esters is 1. The Hall–Kier alpha value is -2.61. The molecule has 0 saturated heterocycles. The van der Waals surface area contributed by atoms with Crippen molar-refractivity contribution in [3.8, 4) is 0 Å². The average molecular weight is 278 g/mol. The molecule has 0 unspecified atom stereocenters. The zero-order valence-electron chi connectivity index (χ0n) is 12.0. The number of rotatable bonds is 5. The maximum absolute atomic E-state index is 11.4. The highest BCUT2D eigenvalue weighted by Crippen LogP contribution is 2.23. The van der Waals surface area contributed by atoms with Crippen LogP contribution in [0.25, 0.3) is 5.57 Å². The third-order valence-electron chi connectivity index (χ3n) is 2.95. The topological polar surface area (TPSA) is 26.3 Å². The van der Waals surface area contributed by atoms with Gasteiger partial charge in [-0.2, -0.15) is 0 Å². The van der Waals surface area contributed by atoms with E-state index >= 15 is 0 Å². The molecule has 0 aliphatic heterocycles. The van der Waals surface area contributed by atoms with Crippen LogP contribution in [0.4, 0.5) is 0 Å². The predicted octanol–water partition coefficient (Wildman–Crippen LogP) is 4.24. The van der Waals surface area contributed by atoms with Gasteiger partial charge in [-0.15, -0.1) is 0 Å². The van der Waals surface area contributed by atoms with Crippen molar-refractivity contribution < 1.29 is 9.53 Å². The number of ether oxygens (including phenoxy) is 1. The fourth-order valence-electron chi connectivity index (χ4n) is 2.01. The van der Waals surface area contributed by atoms with E-state index in [-0.39, 0.29) is 5.97 Å². The van der Waals surface area contributed by atoms with E-state index in [2.05, 4.69) is 24.3 Å². The Morgan fingerprint density at radius 3 is 1.95 bits per heavy atom. The van der Waals surface area contributed by atoms with Gasteiger partial charge in [-0.05, 0) is 23.6 Å². The van der Waals surface area contributed by atoms with Crippen molar-refractivity contribution in [2.24, 2.45) is 0 Å². The molecule has 2 heteroatoms. The lowest BCUT2D eigenvalue weighted by atomic mass is 9.97. The van der Waals surface area contributed by atoms with Crippen LogP contribution in [-0.2, 0) is 9.53 Å². The van der Waals surface area contributed by atoms with Crippen LogP contribution >= 0.6 is 0 Å². The molecule has 0 radical (unpaired) electrons. The quantitative estimate of drug-likeness (QED) is 0.464. The third-order valence-corrected chi connectivity index (χ3v) is 2.95. The van der Waals surface area contributed by atoms with Gasteiger partial charge in [-0.3, -0.25) is 0 Å². The van der Waals surface area contributed by atoms with Crippen LogP contribution in [0.5, 0.6) is 0 Å². The highest BCUT2D eigenvalue weighted by molar-refractivity contribution is 5.85. The number of hydrogen-bond donors (Lipinski definition) is 0. The van der Waals surface area contributed by atoms with Crippen molar-refractivity contribution in [3.63, 3.8) is 0 Å². The summed E-state index contributed by atoms with van der Waals surface area (Å²) in [5, 5.41) is 0. The van der Waals surface area contributed by atoms with Gasteiger partial charge >= 0.3 is 5.97 Å². The minimum Gasteiger partial charge on any atom is -0.463 e.